The molecule has 0 unspecified atom stereocenters. The van der Waals surface area contributed by atoms with Crippen LogP contribution in [0, 0.1) is 0 Å². The zero-order chi connectivity index (χ0) is 12.0. The molecule has 2 nitrogen and oxygen atoms in total. The SMILES string of the molecule is C/C=C(/C)Cc1ccc(ON)c(/C=C/C)c1. The van der Waals surface area contributed by atoms with E-state index in [0.29, 0.717) is 5.75 Å². The van der Waals surface area contributed by atoms with E-state index in [0.717, 1.165) is 12.0 Å². The highest BCUT2D eigenvalue weighted by Gasteiger charge is 2.02. The van der Waals surface area contributed by atoms with Gasteiger partial charge in [0.05, 0.1) is 0 Å². The highest BCUT2D eigenvalue weighted by atomic mass is 16.6. The van der Waals surface area contributed by atoms with Crippen LogP contribution < -0.4 is 10.7 Å². The second-order valence-corrected chi connectivity index (χ2v) is 3.80. The van der Waals surface area contributed by atoms with Crippen molar-refractivity contribution >= 4 is 6.08 Å². The van der Waals surface area contributed by atoms with Gasteiger partial charge in [-0.2, -0.15) is 5.90 Å². The predicted molar refractivity (Wildman–Crippen MR) is 69.1 cm³/mol. The Balaban J connectivity index is 3.02. The molecule has 1 rings (SSSR count). The Morgan fingerprint density at radius 1 is 1.38 bits per heavy atom. The van der Waals surface area contributed by atoms with Crippen molar-refractivity contribution in [3.63, 3.8) is 0 Å². The normalized spacial score (nSPS) is 12.1. The third-order valence-corrected chi connectivity index (χ3v) is 2.52. The van der Waals surface area contributed by atoms with E-state index in [4.69, 9.17) is 10.7 Å². The summed E-state index contributed by atoms with van der Waals surface area (Å²) in [4.78, 5) is 4.82. The summed E-state index contributed by atoms with van der Waals surface area (Å²) in [5.41, 5.74) is 3.64. The molecule has 86 valence electrons. The van der Waals surface area contributed by atoms with Crippen LogP contribution in [0.15, 0.2) is 35.9 Å². The Kier molecular flexibility index (Phi) is 4.80. The van der Waals surface area contributed by atoms with Crippen molar-refractivity contribution in [3.8, 4) is 5.75 Å². The van der Waals surface area contributed by atoms with Crippen molar-refractivity contribution in [2.45, 2.75) is 27.2 Å². The Bertz CT molecular complexity index is 405. The number of rotatable bonds is 4. The number of nitrogens with two attached hydrogens (primary N) is 1. The minimum absolute atomic E-state index is 0.708. The molecule has 1 aromatic rings. The molecule has 0 bridgehead atoms. The van der Waals surface area contributed by atoms with E-state index in [-0.39, 0.29) is 0 Å². The number of hydrogen-bond donors (Lipinski definition) is 1. The first-order valence-electron chi connectivity index (χ1n) is 5.45. The minimum Gasteiger partial charge on any atom is -0.411 e. The minimum atomic E-state index is 0.708. The standard InChI is InChI=1S/C14H19NO/c1-4-6-13-10-12(9-11(3)5-2)7-8-14(13)16-15/h4-8,10H,9,15H2,1-3H3/b6-4+,11-5-. The third-order valence-electron chi connectivity index (χ3n) is 2.52. The van der Waals surface area contributed by atoms with Crippen molar-refractivity contribution in [2.75, 3.05) is 0 Å². The van der Waals surface area contributed by atoms with Crippen molar-refractivity contribution in [3.05, 3.63) is 47.1 Å². The summed E-state index contributed by atoms with van der Waals surface area (Å²) in [6.45, 7) is 6.16. The summed E-state index contributed by atoms with van der Waals surface area (Å²) >= 11 is 0. The Labute approximate surface area is 97.4 Å². The first-order valence-corrected chi connectivity index (χ1v) is 5.45. The van der Waals surface area contributed by atoms with Crippen LogP contribution in [0.25, 0.3) is 6.08 Å². The van der Waals surface area contributed by atoms with Crippen LogP contribution in [-0.4, -0.2) is 0 Å². The predicted octanol–water partition coefficient (Wildman–Crippen LogP) is 3.48. The van der Waals surface area contributed by atoms with Gasteiger partial charge in [-0.3, -0.25) is 0 Å². The van der Waals surface area contributed by atoms with Gasteiger partial charge in [0.25, 0.3) is 0 Å². The molecule has 2 heteroatoms. The molecule has 0 amide bonds. The second kappa shape index (κ2) is 6.13. The van der Waals surface area contributed by atoms with E-state index >= 15 is 0 Å². The summed E-state index contributed by atoms with van der Waals surface area (Å²) in [5, 5.41) is 0. The summed E-state index contributed by atoms with van der Waals surface area (Å²) < 4.78 is 0. The quantitative estimate of drug-likeness (QED) is 0.619. The maximum Gasteiger partial charge on any atom is 0.154 e. The Morgan fingerprint density at radius 2 is 2.12 bits per heavy atom. The van der Waals surface area contributed by atoms with Crippen LogP contribution >= 0.6 is 0 Å². The monoisotopic (exact) mass is 217 g/mol. The molecule has 16 heavy (non-hydrogen) atoms. The van der Waals surface area contributed by atoms with Gasteiger partial charge in [0, 0.05) is 5.56 Å². The fourth-order valence-electron chi connectivity index (χ4n) is 1.55. The van der Waals surface area contributed by atoms with Crippen LogP contribution in [0.3, 0.4) is 0 Å². The van der Waals surface area contributed by atoms with Crippen LogP contribution in [0.2, 0.25) is 0 Å². The van der Waals surface area contributed by atoms with Crippen LogP contribution in [0.1, 0.15) is 31.9 Å². The molecule has 0 aliphatic rings. The Morgan fingerprint density at radius 3 is 2.69 bits per heavy atom. The molecule has 0 aliphatic carbocycles. The molecular formula is C14H19NO. The van der Waals surface area contributed by atoms with Gasteiger partial charge >= 0.3 is 0 Å². The van der Waals surface area contributed by atoms with E-state index in [2.05, 4.69) is 26.0 Å². The first kappa shape index (κ1) is 12.5. The fourth-order valence-corrected chi connectivity index (χ4v) is 1.55. The van der Waals surface area contributed by atoms with Crippen molar-refractivity contribution in [2.24, 2.45) is 5.90 Å². The maximum atomic E-state index is 5.21. The average molecular weight is 217 g/mol. The zero-order valence-corrected chi connectivity index (χ0v) is 10.2. The van der Waals surface area contributed by atoms with Crippen LogP contribution in [0.5, 0.6) is 5.75 Å². The van der Waals surface area contributed by atoms with Crippen LogP contribution in [0.4, 0.5) is 0 Å². The van der Waals surface area contributed by atoms with Gasteiger partial charge in [-0.05, 0) is 44.9 Å². The van der Waals surface area contributed by atoms with Crippen molar-refractivity contribution < 1.29 is 4.84 Å². The molecular weight excluding hydrogens is 198 g/mol. The van der Waals surface area contributed by atoms with E-state index in [1.54, 1.807) is 0 Å². The van der Waals surface area contributed by atoms with Crippen molar-refractivity contribution in [1.82, 2.24) is 0 Å². The van der Waals surface area contributed by atoms with E-state index in [1.165, 1.54) is 11.1 Å². The van der Waals surface area contributed by atoms with E-state index in [1.807, 2.05) is 31.2 Å². The topological polar surface area (TPSA) is 35.2 Å². The van der Waals surface area contributed by atoms with E-state index < -0.39 is 0 Å². The molecule has 0 aromatic heterocycles. The zero-order valence-electron chi connectivity index (χ0n) is 10.2. The molecule has 0 aliphatic heterocycles. The number of benzene rings is 1. The molecule has 1 aromatic carbocycles. The smallest absolute Gasteiger partial charge is 0.154 e. The number of hydrogen-bond acceptors (Lipinski definition) is 2. The summed E-state index contributed by atoms with van der Waals surface area (Å²) in [6, 6.07) is 6.06. The molecule has 0 radical (unpaired) electrons. The lowest BCUT2D eigenvalue weighted by atomic mass is 10.0. The number of allylic oxidation sites excluding steroid dienone is 3. The molecule has 0 saturated carbocycles. The van der Waals surface area contributed by atoms with Crippen LogP contribution in [-0.2, 0) is 6.42 Å². The fraction of sp³-hybridized carbons (Fsp3) is 0.286. The van der Waals surface area contributed by atoms with Gasteiger partial charge in [0.15, 0.2) is 5.75 Å². The molecule has 0 spiro atoms. The summed E-state index contributed by atoms with van der Waals surface area (Å²) in [6.07, 6.45) is 7.06. The van der Waals surface area contributed by atoms with Gasteiger partial charge in [-0.1, -0.05) is 29.9 Å². The summed E-state index contributed by atoms with van der Waals surface area (Å²) in [5.74, 6) is 5.92. The summed E-state index contributed by atoms with van der Waals surface area (Å²) in [7, 11) is 0. The van der Waals surface area contributed by atoms with Gasteiger partial charge in [-0.25, -0.2) is 0 Å². The molecule has 0 atom stereocenters. The molecule has 0 fully saturated rings. The lowest BCUT2D eigenvalue weighted by molar-refractivity contribution is 0.333. The molecule has 2 N–H and O–H groups in total. The molecule has 0 heterocycles. The van der Waals surface area contributed by atoms with E-state index in [9.17, 15) is 0 Å². The lowest BCUT2D eigenvalue weighted by Gasteiger charge is -2.07. The van der Waals surface area contributed by atoms with Crippen molar-refractivity contribution in [1.29, 1.82) is 0 Å². The average Bonchev–Trinajstić information content (AvgIpc) is 2.30. The maximum absolute atomic E-state index is 5.21. The van der Waals surface area contributed by atoms with Gasteiger partial charge in [-0.15, -0.1) is 0 Å². The first-order chi connectivity index (χ1) is 7.71. The largest absolute Gasteiger partial charge is 0.411 e. The molecule has 0 saturated heterocycles. The Hall–Kier alpha value is -1.54. The highest BCUT2D eigenvalue weighted by Crippen LogP contribution is 2.22. The lowest BCUT2D eigenvalue weighted by Crippen LogP contribution is -2.03. The highest BCUT2D eigenvalue weighted by molar-refractivity contribution is 5.58. The van der Waals surface area contributed by atoms with Gasteiger partial charge in [0.2, 0.25) is 0 Å². The third kappa shape index (κ3) is 3.24. The van der Waals surface area contributed by atoms with Gasteiger partial charge < -0.3 is 4.84 Å². The second-order valence-electron chi connectivity index (χ2n) is 3.80. The van der Waals surface area contributed by atoms with Gasteiger partial charge in [0.1, 0.15) is 0 Å².